The minimum absolute atomic E-state index is 0.164. The van der Waals surface area contributed by atoms with Crippen molar-refractivity contribution in [3.63, 3.8) is 0 Å². The fourth-order valence-electron chi connectivity index (χ4n) is 4.84. The maximum Gasteiger partial charge on any atom is 0.348 e. The van der Waals surface area contributed by atoms with Crippen molar-refractivity contribution in [3.8, 4) is 0 Å². The Balaban J connectivity index is 1.66. The van der Waals surface area contributed by atoms with E-state index in [0.717, 1.165) is 32.5 Å². The minimum atomic E-state index is -1.82. The lowest BCUT2D eigenvalue weighted by Crippen LogP contribution is -2.62. The van der Waals surface area contributed by atoms with Crippen molar-refractivity contribution in [3.05, 3.63) is 71.8 Å². The third-order valence-electron chi connectivity index (χ3n) is 6.36. The number of ether oxygens (including phenoxy) is 1. The zero-order chi connectivity index (χ0) is 20.4. The van der Waals surface area contributed by atoms with Crippen molar-refractivity contribution in [1.82, 2.24) is 9.80 Å². The highest BCUT2D eigenvalue weighted by Crippen LogP contribution is 2.38. The van der Waals surface area contributed by atoms with Crippen LogP contribution in [-0.2, 0) is 15.1 Å². The number of piperidine rings is 3. The molecule has 3 aliphatic heterocycles. The molecule has 0 amide bonds. The van der Waals surface area contributed by atoms with E-state index < -0.39 is 11.6 Å². The number of fused-ring (bicyclic) bond motifs is 3. The van der Waals surface area contributed by atoms with Gasteiger partial charge in [-0.2, -0.15) is 0 Å². The molecule has 5 heteroatoms. The van der Waals surface area contributed by atoms with Gasteiger partial charge in [-0.25, -0.2) is 4.79 Å². The van der Waals surface area contributed by atoms with E-state index in [1.54, 1.807) is 24.3 Å². The summed E-state index contributed by atoms with van der Waals surface area (Å²) < 4.78 is 6.16. The molecule has 3 aliphatic rings. The Labute approximate surface area is 172 Å². The maximum absolute atomic E-state index is 13.5. The largest absolute Gasteiger partial charge is 0.458 e. The number of carbonyl (C=O) groups is 1. The molecule has 29 heavy (non-hydrogen) atoms. The molecular formula is C24H30N2O3. The molecule has 3 fully saturated rings. The second kappa shape index (κ2) is 8.27. The van der Waals surface area contributed by atoms with Crippen LogP contribution in [0.1, 0.15) is 24.0 Å². The van der Waals surface area contributed by atoms with Crippen LogP contribution < -0.4 is 0 Å². The molecule has 3 heterocycles. The number of nitrogens with zero attached hydrogens (tertiary/aromatic N) is 2. The fraction of sp³-hybridized carbons (Fsp3) is 0.458. The van der Waals surface area contributed by atoms with Crippen LogP contribution in [0.3, 0.4) is 0 Å². The lowest BCUT2D eigenvalue weighted by Gasteiger charge is -2.51. The molecule has 0 saturated carbocycles. The van der Waals surface area contributed by atoms with Crippen molar-refractivity contribution in [2.24, 2.45) is 5.92 Å². The first-order chi connectivity index (χ1) is 14.0. The first-order valence-electron chi connectivity index (χ1n) is 10.4. The molecule has 154 valence electrons. The maximum atomic E-state index is 13.5. The van der Waals surface area contributed by atoms with Gasteiger partial charge in [0.2, 0.25) is 5.60 Å². The van der Waals surface area contributed by atoms with Gasteiger partial charge in [-0.3, -0.25) is 4.90 Å². The predicted octanol–water partition coefficient (Wildman–Crippen LogP) is 2.49. The topological polar surface area (TPSA) is 53.0 Å². The van der Waals surface area contributed by atoms with E-state index in [-0.39, 0.29) is 12.1 Å². The van der Waals surface area contributed by atoms with Crippen LogP contribution in [-0.4, -0.2) is 66.8 Å². The minimum Gasteiger partial charge on any atom is -0.458 e. The second-order valence-corrected chi connectivity index (χ2v) is 8.52. The van der Waals surface area contributed by atoms with Crippen molar-refractivity contribution in [2.45, 2.75) is 30.6 Å². The van der Waals surface area contributed by atoms with Gasteiger partial charge in [-0.15, -0.1) is 0 Å². The Kier molecular flexibility index (Phi) is 5.72. The molecule has 0 aliphatic carbocycles. The molecule has 1 N–H and O–H groups in total. The molecule has 2 bridgehead atoms. The summed E-state index contributed by atoms with van der Waals surface area (Å²) in [6.45, 7) is 2.95. The summed E-state index contributed by atoms with van der Waals surface area (Å²) in [5.74, 6) is -0.234. The van der Waals surface area contributed by atoms with Gasteiger partial charge in [0.25, 0.3) is 0 Å². The Bertz CT molecular complexity index is 777. The van der Waals surface area contributed by atoms with Crippen LogP contribution in [0.2, 0.25) is 0 Å². The third-order valence-corrected chi connectivity index (χ3v) is 6.36. The van der Waals surface area contributed by atoms with Gasteiger partial charge in [-0.1, -0.05) is 60.7 Å². The van der Waals surface area contributed by atoms with Crippen LogP contribution in [0, 0.1) is 5.92 Å². The zero-order valence-electron chi connectivity index (χ0n) is 17.2. The third kappa shape index (κ3) is 3.82. The van der Waals surface area contributed by atoms with E-state index in [0.29, 0.717) is 17.0 Å². The highest BCUT2D eigenvalue weighted by Gasteiger charge is 2.48. The van der Waals surface area contributed by atoms with Gasteiger partial charge >= 0.3 is 5.97 Å². The standard InChI is InChI=1S/C24H30N2O3/c1-25(2)17-21-22(18-13-15-26(21)16-14-18)29-23(27)24(28,19-9-5-3-6-10-19)20-11-7-4-8-12-20/h3-12,18,21-22,28H,13-17H2,1-2H3/t21-,22+/m1/s1. The molecule has 3 saturated heterocycles. The fourth-order valence-corrected chi connectivity index (χ4v) is 4.84. The van der Waals surface area contributed by atoms with Crippen LogP contribution >= 0.6 is 0 Å². The average Bonchev–Trinajstić information content (AvgIpc) is 2.76. The van der Waals surface area contributed by atoms with Gasteiger partial charge in [0.15, 0.2) is 0 Å². The Morgan fingerprint density at radius 1 is 1.03 bits per heavy atom. The van der Waals surface area contributed by atoms with Gasteiger partial charge < -0.3 is 14.7 Å². The number of carbonyl (C=O) groups excluding carboxylic acids is 1. The van der Waals surface area contributed by atoms with Crippen LogP contribution in [0.4, 0.5) is 0 Å². The second-order valence-electron chi connectivity index (χ2n) is 8.52. The number of rotatable bonds is 6. The SMILES string of the molecule is CN(C)C[C@@H]1[C@@H](OC(=O)C(O)(c2ccccc2)c2ccccc2)C2CCN1CC2. The van der Waals surface area contributed by atoms with Crippen molar-refractivity contribution >= 4 is 5.97 Å². The average molecular weight is 395 g/mol. The summed E-state index contributed by atoms with van der Waals surface area (Å²) in [5.41, 5.74) is -0.764. The first-order valence-corrected chi connectivity index (χ1v) is 10.4. The number of hydrogen-bond acceptors (Lipinski definition) is 5. The molecule has 0 spiro atoms. The molecule has 2 aromatic carbocycles. The summed E-state index contributed by atoms with van der Waals surface area (Å²) in [4.78, 5) is 18.1. The van der Waals surface area contributed by atoms with E-state index in [2.05, 4.69) is 9.80 Å². The smallest absolute Gasteiger partial charge is 0.348 e. The lowest BCUT2D eigenvalue weighted by atomic mass is 9.79. The van der Waals surface area contributed by atoms with E-state index >= 15 is 0 Å². The molecule has 2 atom stereocenters. The normalized spacial score (nSPS) is 26.5. The lowest BCUT2D eigenvalue weighted by molar-refractivity contribution is -0.184. The van der Waals surface area contributed by atoms with Gasteiger partial charge in [-0.05, 0) is 57.1 Å². The van der Waals surface area contributed by atoms with Gasteiger partial charge in [0, 0.05) is 6.54 Å². The van der Waals surface area contributed by atoms with Crippen LogP contribution in [0.15, 0.2) is 60.7 Å². The molecule has 0 radical (unpaired) electrons. The summed E-state index contributed by atoms with van der Waals surface area (Å²) in [6, 6.07) is 18.4. The molecular weight excluding hydrogens is 364 g/mol. The predicted molar refractivity (Wildman–Crippen MR) is 112 cm³/mol. The zero-order valence-corrected chi connectivity index (χ0v) is 17.2. The Hall–Kier alpha value is -2.21. The van der Waals surface area contributed by atoms with Gasteiger partial charge in [0.1, 0.15) is 6.10 Å². The van der Waals surface area contributed by atoms with E-state index in [9.17, 15) is 9.90 Å². The molecule has 0 aromatic heterocycles. The highest BCUT2D eigenvalue weighted by molar-refractivity contribution is 5.85. The summed E-state index contributed by atoms with van der Waals surface area (Å²) >= 11 is 0. The summed E-state index contributed by atoms with van der Waals surface area (Å²) in [7, 11) is 4.10. The van der Waals surface area contributed by atoms with Crippen molar-refractivity contribution in [1.29, 1.82) is 0 Å². The van der Waals surface area contributed by atoms with Crippen molar-refractivity contribution in [2.75, 3.05) is 33.7 Å². The first kappa shape index (κ1) is 20.1. The van der Waals surface area contributed by atoms with Crippen LogP contribution in [0.5, 0.6) is 0 Å². The molecule has 0 unspecified atom stereocenters. The molecule has 5 rings (SSSR count). The van der Waals surface area contributed by atoms with Gasteiger partial charge in [0.05, 0.1) is 6.04 Å². The number of esters is 1. The number of benzene rings is 2. The Morgan fingerprint density at radius 2 is 1.55 bits per heavy atom. The van der Waals surface area contributed by atoms with Crippen LogP contribution in [0.25, 0.3) is 0 Å². The summed E-state index contributed by atoms with van der Waals surface area (Å²) in [6.07, 6.45) is 1.87. The quantitative estimate of drug-likeness (QED) is 0.763. The van der Waals surface area contributed by atoms with E-state index in [1.807, 2.05) is 50.5 Å². The monoisotopic (exact) mass is 394 g/mol. The number of hydrogen-bond donors (Lipinski definition) is 1. The number of aliphatic hydroxyl groups is 1. The number of likely N-dealkylation sites (N-methyl/N-ethyl adjacent to an activating group) is 1. The summed E-state index contributed by atoms with van der Waals surface area (Å²) in [5, 5.41) is 11.7. The van der Waals surface area contributed by atoms with E-state index in [1.165, 1.54) is 0 Å². The van der Waals surface area contributed by atoms with Crippen molar-refractivity contribution < 1.29 is 14.6 Å². The highest BCUT2D eigenvalue weighted by atomic mass is 16.6. The molecule has 2 aromatic rings. The molecule has 5 nitrogen and oxygen atoms in total. The Morgan fingerprint density at radius 3 is 2.03 bits per heavy atom. The van der Waals surface area contributed by atoms with E-state index in [4.69, 9.17) is 4.74 Å².